The molecule has 0 saturated carbocycles. The number of carbonyl (C=O) groups is 1. The number of methoxy groups -OCH3 is 1. The highest BCUT2D eigenvalue weighted by molar-refractivity contribution is 5.93. The van der Waals surface area contributed by atoms with Crippen LogP contribution < -0.4 is 9.84 Å². The van der Waals surface area contributed by atoms with Gasteiger partial charge in [0.2, 0.25) is 0 Å². The first kappa shape index (κ1) is 12.8. The molecule has 0 radical (unpaired) electrons. The Balaban J connectivity index is 2.24. The zero-order valence-corrected chi connectivity index (χ0v) is 10.4. The van der Waals surface area contributed by atoms with Crippen molar-refractivity contribution in [2.45, 2.75) is 0 Å². The zero-order valence-electron chi connectivity index (χ0n) is 10.4. The van der Waals surface area contributed by atoms with Crippen LogP contribution in [0.15, 0.2) is 53.5 Å². The number of aliphatic imine (C=N–C) groups is 1. The maximum atomic E-state index is 10.9. The van der Waals surface area contributed by atoms with Crippen molar-refractivity contribution in [1.29, 1.82) is 0 Å². The van der Waals surface area contributed by atoms with Gasteiger partial charge >= 0.3 is 0 Å². The van der Waals surface area contributed by atoms with Crippen molar-refractivity contribution in [3.05, 3.63) is 59.7 Å². The topological polar surface area (TPSA) is 61.7 Å². The number of aromatic carboxylic acids is 1. The molecular weight excluding hydrogens is 242 g/mol. The molecule has 2 aromatic carbocycles. The number of hydrogen-bond donors (Lipinski definition) is 0. The van der Waals surface area contributed by atoms with Gasteiger partial charge in [0.25, 0.3) is 0 Å². The number of nitrogens with zero attached hydrogens (tertiary/aromatic N) is 1. The predicted molar refractivity (Wildman–Crippen MR) is 71.0 cm³/mol. The molecule has 0 aliphatic carbocycles. The number of carboxylic acid groups (broad SMARTS) is 1. The molecule has 0 aromatic heterocycles. The van der Waals surface area contributed by atoms with E-state index in [1.54, 1.807) is 31.5 Å². The third-order valence-corrected chi connectivity index (χ3v) is 2.59. The molecule has 0 bridgehead atoms. The van der Waals surface area contributed by atoms with E-state index in [1.807, 2.05) is 24.3 Å². The first-order valence-electron chi connectivity index (χ1n) is 5.69. The summed E-state index contributed by atoms with van der Waals surface area (Å²) in [5.41, 5.74) is 1.31. The van der Waals surface area contributed by atoms with Crippen molar-refractivity contribution >= 4 is 17.9 Å². The van der Waals surface area contributed by atoms with Crippen molar-refractivity contribution in [3.63, 3.8) is 0 Å². The van der Waals surface area contributed by atoms with Crippen molar-refractivity contribution in [2.75, 3.05) is 7.11 Å². The van der Waals surface area contributed by atoms with E-state index in [2.05, 4.69) is 4.99 Å². The van der Waals surface area contributed by atoms with Crippen molar-refractivity contribution in [1.82, 2.24) is 0 Å². The average Bonchev–Trinajstić information content (AvgIpc) is 2.46. The summed E-state index contributed by atoms with van der Waals surface area (Å²) in [6.45, 7) is 0. The van der Waals surface area contributed by atoms with E-state index in [1.165, 1.54) is 6.07 Å². The highest BCUT2D eigenvalue weighted by atomic mass is 16.5. The van der Waals surface area contributed by atoms with Crippen LogP contribution in [0.25, 0.3) is 0 Å². The van der Waals surface area contributed by atoms with E-state index in [-0.39, 0.29) is 5.56 Å². The fourth-order valence-corrected chi connectivity index (χ4v) is 1.59. The minimum atomic E-state index is -1.23. The Hall–Kier alpha value is -2.62. The molecule has 96 valence electrons. The van der Waals surface area contributed by atoms with Gasteiger partial charge in [-0.25, -0.2) is 0 Å². The van der Waals surface area contributed by atoms with E-state index < -0.39 is 5.97 Å². The van der Waals surface area contributed by atoms with Crippen LogP contribution >= 0.6 is 0 Å². The maximum absolute atomic E-state index is 10.9. The Kier molecular flexibility index (Phi) is 3.93. The number of para-hydroxylation sites is 1. The second-order valence-electron chi connectivity index (χ2n) is 3.84. The highest BCUT2D eigenvalue weighted by Gasteiger charge is 1.99. The van der Waals surface area contributed by atoms with Crippen LogP contribution in [0.1, 0.15) is 15.9 Å². The third-order valence-electron chi connectivity index (χ3n) is 2.59. The van der Waals surface area contributed by atoms with Gasteiger partial charge in [-0.1, -0.05) is 18.2 Å². The van der Waals surface area contributed by atoms with Gasteiger partial charge < -0.3 is 14.6 Å². The van der Waals surface area contributed by atoms with Gasteiger partial charge in [-0.2, -0.15) is 0 Å². The van der Waals surface area contributed by atoms with Crippen molar-refractivity contribution in [2.24, 2.45) is 4.99 Å². The van der Waals surface area contributed by atoms with Gasteiger partial charge in [0.1, 0.15) is 5.75 Å². The standard InChI is InChI=1S/C15H13NO3/c1-19-12-8-6-11(7-9-12)10-16-14-5-3-2-4-13(14)15(17)18/h2-10H,1H3,(H,17,18)/p-1. The van der Waals surface area contributed by atoms with Crippen LogP contribution in [0.4, 0.5) is 5.69 Å². The van der Waals surface area contributed by atoms with Crippen LogP contribution in [0.2, 0.25) is 0 Å². The lowest BCUT2D eigenvalue weighted by Crippen LogP contribution is -2.22. The molecular formula is C15H12NO3-. The van der Waals surface area contributed by atoms with E-state index in [9.17, 15) is 9.90 Å². The SMILES string of the molecule is COc1ccc(C=Nc2ccccc2C(=O)[O-])cc1. The van der Waals surface area contributed by atoms with Gasteiger partial charge in [0.15, 0.2) is 0 Å². The summed E-state index contributed by atoms with van der Waals surface area (Å²) in [5.74, 6) is -0.477. The lowest BCUT2D eigenvalue weighted by Gasteiger charge is -2.05. The van der Waals surface area contributed by atoms with Crippen LogP contribution in [0.3, 0.4) is 0 Å². The molecule has 2 rings (SSSR count). The number of ether oxygens (including phenoxy) is 1. The summed E-state index contributed by atoms with van der Waals surface area (Å²) in [6.07, 6.45) is 1.60. The summed E-state index contributed by atoms with van der Waals surface area (Å²) < 4.78 is 5.05. The monoisotopic (exact) mass is 254 g/mol. The number of rotatable bonds is 4. The zero-order chi connectivity index (χ0) is 13.7. The molecule has 0 amide bonds. The molecule has 4 heteroatoms. The quantitative estimate of drug-likeness (QED) is 0.782. The van der Waals surface area contributed by atoms with Crippen LogP contribution in [-0.4, -0.2) is 19.3 Å². The summed E-state index contributed by atoms with van der Waals surface area (Å²) in [5, 5.41) is 10.9. The normalized spacial score (nSPS) is 10.6. The summed E-state index contributed by atoms with van der Waals surface area (Å²) in [7, 11) is 1.60. The van der Waals surface area contributed by atoms with Gasteiger partial charge in [-0.05, 0) is 35.9 Å². The second-order valence-corrected chi connectivity index (χ2v) is 3.84. The number of hydrogen-bond acceptors (Lipinski definition) is 4. The minimum Gasteiger partial charge on any atom is -0.545 e. The van der Waals surface area contributed by atoms with Gasteiger partial charge in [0, 0.05) is 11.8 Å². The predicted octanol–water partition coefficient (Wildman–Crippen LogP) is 1.81. The Morgan fingerprint density at radius 1 is 1.16 bits per heavy atom. The lowest BCUT2D eigenvalue weighted by molar-refractivity contribution is -0.254. The molecule has 2 aromatic rings. The first-order valence-corrected chi connectivity index (χ1v) is 5.69. The second kappa shape index (κ2) is 5.82. The van der Waals surface area contributed by atoms with Crippen molar-refractivity contribution in [3.8, 4) is 5.75 Å². The van der Waals surface area contributed by atoms with E-state index in [4.69, 9.17) is 4.74 Å². The Morgan fingerprint density at radius 3 is 2.47 bits per heavy atom. The number of carbonyl (C=O) groups excluding carboxylic acids is 1. The molecule has 19 heavy (non-hydrogen) atoms. The van der Waals surface area contributed by atoms with Gasteiger partial charge in [-0.15, -0.1) is 0 Å². The summed E-state index contributed by atoms with van der Waals surface area (Å²) in [6, 6.07) is 13.8. The van der Waals surface area contributed by atoms with Gasteiger partial charge in [-0.3, -0.25) is 4.99 Å². The third kappa shape index (κ3) is 3.19. The smallest absolute Gasteiger partial charge is 0.118 e. The molecule has 0 aliphatic heterocycles. The van der Waals surface area contributed by atoms with Crippen LogP contribution in [-0.2, 0) is 0 Å². The molecule has 0 aliphatic rings. The van der Waals surface area contributed by atoms with E-state index in [0.717, 1.165) is 11.3 Å². The maximum Gasteiger partial charge on any atom is 0.118 e. The molecule has 0 fully saturated rings. The molecule has 0 heterocycles. The highest BCUT2D eigenvalue weighted by Crippen LogP contribution is 2.18. The fraction of sp³-hybridized carbons (Fsp3) is 0.0667. The molecule has 4 nitrogen and oxygen atoms in total. The minimum absolute atomic E-state index is 0.0762. The fourth-order valence-electron chi connectivity index (χ4n) is 1.59. The Labute approximate surface area is 111 Å². The average molecular weight is 254 g/mol. The number of benzene rings is 2. The van der Waals surface area contributed by atoms with Crippen LogP contribution in [0.5, 0.6) is 5.75 Å². The molecule has 0 spiro atoms. The Bertz CT molecular complexity index is 603. The number of carboxylic acids is 1. The van der Waals surface area contributed by atoms with Crippen molar-refractivity contribution < 1.29 is 14.6 Å². The van der Waals surface area contributed by atoms with Crippen LogP contribution in [0, 0.1) is 0 Å². The summed E-state index contributed by atoms with van der Waals surface area (Å²) >= 11 is 0. The molecule has 0 atom stereocenters. The van der Waals surface area contributed by atoms with E-state index in [0.29, 0.717) is 5.69 Å². The summed E-state index contributed by atoms with van der Waals surface area (Å²) in [4.78, 5) is 15.1. The molecule has 0 saturated heterocycles. The first-order chi connectivity index (χ1) is 9.20. The van der Waals surface area contributed by atoms with E-state index >= 15 is 0 Å². The lowest BCUT2D eigenvalue weighted by atomic mass is 10.2. The molecule has 0 N–H and O–H groups in total. The molecule has 0 unspecified atom stereocenters. The largest absolute Gasteiger partial charge is 0.545 e. The van der Waals surface area contributed by atoms with Gasteiger partial charge in [0.05, 0.1) is 18.8 Å². The Morgan fingerprint density at radius 2 is 1.84 bits per heavy atom.